The maximum absolute atomic E-state index is 14.5. The number of carbonyl (C=O) groups is 1. The van der Waals surface area contributed by atoms with Gasteiger partial charge in [-0.1, -0.05) is 31.2 Å². The van der Waals surface area contributed by atoms with Crippen molar-refractivity contribution in [3.63, 3.8) is 0 Å². The van der Waals surface area contributed by atoms with Crippen LogP contribution in [0.15, 0.2) is 30.3 Å². The van der Waals surface area contributed by atoms with Crippen molar-refractivity contribution in [1.82, 2.24) is 0 Å². The van der Waals surface area contributed by atoms with Crippen LogP contribution in [0.1, 0.15) is 63.1 Å². The SMILES string of the molecule is CCc1cc(C(F)(C(F)(F)F)C(F)(F)F)cc(C)c1CC(=O)c1ccc2c(c1)CCC2N. The molecule has 32 heavy (non-hydrogen) atoms. The van der Waals surface area contributed by atoms with Crippen LogP contribution in [0.4, 0.5) is 30.7 Å². The number of aryl methyl sites for hydroxylation is 3. The summed E-state index contributed by atoms with van der Waals surface area (Å²) in [5.74, 6) is -0.336. The van der Waals surface area contributed by atoms with E-state index in [0.717, 1.165) is 24.0 Å². The summed E-state index contributed by atoms with van der Waals surface area (Å²) in [6.07, 6.45) is -11.1. The van der Waals surface area contributed by atoms with Crippen LogP contribution in [0.25, 0.3) is 0 Å². The molecule has 2 N–H and O–H groups in total. The summed E-state index contributed by atoms with van der Waals surface area (Å²) >= 11 is 0. The van der Waals surface area contributed by atoms with Crippen LogP contribution >= 0.6 is 0 Å². The van der Waals surface area contributed by atoms with Gasteiger partial charge in [-0.2, -0.15) is 26.3 Å². The normalized spacial score (nSPS) is 16.9. The zero-order valence-corrected chi connectivity index (χ0v) is 17.4. The summed E-state index contributed by atoms with van der Waals surface area (Å²) in [4.78, 5) is 12.9. The summed E-state index contributed by atoms with van der Waals surface area (Å²) in [7, 11) is 0. The Balaban J connectivity index is 2.00. The molecule has 0 radical (unpaired) electrons. The molecule has 0 bridgehead atoms. The van der Waals surface area contributed by atoms with Crippen LogP contribution in [-0.2, 0) is 24.9 Å². The van der Waals surface area contributed by atoms with Gasteiger partial charge in [-0.3, -0.25) is 4.79 Å². The highest BCUT2D eigenvalue weighted by atomic mass is 19.4. The highest BCUT2D eigenvalue weighted by Crippen LogP contribution is 2.53. The highest BCUT2D eigenvalue weighted by molar-refractivity contribution is 5.98. The molecule has 174 valence electrons. The zero-order valence-electron chi connectivity index (χ0n) is 17.4. The van der Waals surface area contributed by atoms with Gasteiger partial charge in [0.2, 0.25) is 0 Å². The van der Waals surface area contributed by atoms with E-state index in [4.69, 9.17) is 5.73 Å². The third kappa shape index (κ3) is 4.02. The topological polar surface area (TPSA) is 43.1 Å². The molecular weight excluding hydrogens is 439 g/mol. The van der Waals surface area contributed by atoms with Gasteiger partial charge in [0, 0.05) is 23.6 Å². The number of fused-ring (bicyclic) bond motifs is 1. The number of nitrogens with two attached hydrogens (primary N) is 1. The van der Waals surface area contributed by atoms with Gasteiger partial charge in [0.25, 0.3) is 0 Å². The Morgan fingerprint density at radius 1 is 1.03 bits per heavy atom. The molecule has 9 heteroatoms. The van der Waals surface area contributed by atoms with E-state index in [1.165, 1.54) is 13.8 Å². The summed E-state index contributed by atoms with van der Waals surface area (Å²) < 4.78 is 93.5. The molecule has 0 amide bonds. The lowest BCUT2D eigenvalue weighted by Crippen LogP contribution is -2.50. The molecule has 0 heterocycles. The van der Waals surface area contributed by atoms with Gasteiger partial charge >= 0.3 is 18.0 Å². The number of alkyl halides is 7. The first-order chi connectivity index (χ1) is 14.7. The van der Waals surface area contributed by atoms with E-state index in [1.807, 2.05) is 0 Å². The second kappa shape index (κ2) is 8.17. The van der Waals surface area contributed by atoms with E-state index in [0.29, 0.717) is 23.3 Å². The van der Waals surface area contributed by atoms with Crippen molar-refractivity contribution in [3.8, 4) is 0 Å². The first-order valence-corrected chi connectivity index (χ1v) is 10.1. The number of hydrogen-bond acceptors (Lipinski definition) is 2. The molecule has 2 aromatic rings. The van der Waals surface area contributed by atoms with E-state index >= 15 is 0 Å². The van der Waals surface area contributed by atoms with Crippen molar-refractivity contribution < 1.29 is 35.5 Å². The minimum Gasteiger partial charge on any atom is -0.324 e. The molecule has 0 saturated carbocycles. The molecule has 0 aromatic heterocycles. The Morgan fingerprint density at radius 2 is 1.66 bits per heavy atom. The number of halogens is 7. The number of ketones is 1. The van der Waals surface area contributed by atoms with Gasteiger partial charge in [-0.25, -0.2) is 4.39 Å². The van der Waals surface area contributed by atoms with Gasteiger partial charge in [-0.15, -0.1) is 0 Å². The average Bonchev–Trinajstić information content (AvgIpc) is 3.07. The summed E-state index contributed by atoms with van der Waals surface area (Å²) in [5.41, 5.74) is 1.59. The van der Waals surface area contributed by atoms with Crippen molar-refractivity contribution in [2.24, 2.45) is 5.73 Å². The Labute approximate surface area is 180 Å². The van der Waals surface area contributed by atoms with Gasteiger partial charge in [0.15, 0.2) is 5.78 Å². The van der Waals surface area contributed by atoms with Crippen molar-refractivity contribution in [2.75, 3.05) is 0 Å². The van der Waals surface area contributed by atoms with Gasteiger partial charge in [-0.05, 0) is 60.1 Å². The average molecular weight is 461 g/mol. The van der Waals surface area contributed by atoms with Gasteiger partial charge < -0.3 is 5.73 Å². The van der Waals surface area contributed by atoms with E-state index in [1.54, 1.807) is 18.2 Å². The molecule has 2 aromatic carbocycles. The summed E-state index contributed by atoms with van der Waals surface area (Å²) in [5, 5.41) is 0. The minimum atomic E-state index is -6.19. The van der Waals surface area contributed by atoms with Crippen LogP contribution in [0.3, 0.4) is 0 Å². The smallest absolute Gasteiger partial charge is 0.324 e. The fourth-order valence-electron chi connectivity index (χ4n) is 4.23. The maximum Gasteiger partial charge on any atom is 0.435 e. The first-order valence-electron chi connectivity index (χ1n) is 10.1. The Hall–Kier alpha value is -2.42. The van der Waals surface area contributed by atoms with Crippen LogP contribution < -0.4 is 5.73 Å². The lowest BCUT2D eigenvalue weighted by Gasteiger charge is -2.31. The number of benzene rings is 2. The van der Waals surface area contributed by atoms with Gasteiger partial charge in [0.1, 0.15) is 0 Å². The third-order valence-electron chi connectivity index (χ3n) is 6.05. The highest BCUT2D eigenvalue weighted by Gasteiger charge is 2.73. The number of carbonyl (C=O) groups excluding carboxylic acids is 1. The van der Waals surface area contributed by atoms with Crippen LogP contribution in [0, 0.1) is 6.92 Å². The monoisotopic (exact) mass is 461 g/mol. The Bertz CT molecular complexity index is 1030. The number of hydrogen-bond donors (Lipinski definition) is 1. The Morgan fingerprint density at radius 3 is 2.22 bits per heavy atom. The van der Waals surface area contributed by atoms with Gasteiger partial charge in [0.05, 0.1) is 0 Å². The van der Waals surface area contributed by atoms with E-state index < -0.39 is 23.6 Å². The van der Waals surface area contributed by atoms with Crippen LogP contribution in [0.5, 0.6) is 0 Å². The van der Waals surface area contributed by atoms with E-state index in [9.17, 15) is 35.5 Å². The molecule has 1 unspecified atom stereocenters. The molecule has 0 aliphatic heterocycles. The van der Waals surface area contributed by atoms with E-state index in [-0.39, 0.29) is 35.8 Å². The molecule has 2 nitrogen and oxygen atoms in total. The maximum atomic E-state index is 14.5. The largest absolute Gasteiger partial charge is 0.435 e. The fraction of sp³-hybridized carbons (Fsp3) is 0.435. The quantitative estimate of drug-likeness (QED) is 0.425. The molecule has 1 aliphatic rings. The molecule has 0 fully saturated rings. The summed E-state index contributed by atoms with van der Waals surface area (Å²) in [6, 6.07) is 6.10. The molecular formula is C23H22F7NO. The minimum absolute atomic E-state index is 0.00796. The first kappa shape index (κ1) is 24.2. The van der Waals surface area contributed by atoms with Crippen LogP contribution in [0.2, 0.25) is 0 Å². The standard InChI is InChI=1S/C23H22F7NO/c1-3-13-10-16(21(24,22(25,26)27)23(28,29)30)8-12(2)18(13)11-20(32)15-4-6-17-14(9-15)5-7-19(17)31/h4,6,8-10,19H,3,5,7,11,31H2,1-2H3. The zero-order chi connectivity index (χ0) is 24.1. The molecule has 1 aliphatic carbocycles. The van der Waals surface area contributed by atoms with E-state index in [2.05, 4.69) is 0 Å². The van der Waals surface area contributed by atoms with Crippen molar-refractivity contribution in [1.29, 1.82) is 0 Å². The lowest BCUT2D eigenvalue weighted by molar-refractivity contribution is -0.348. The predicted octanol–water partition coefficient (Wildman–Crippen LogP) is 6.22. The second-order valence-electron chi connectivity index (χ2n) is 8.10. The molecule has 1 atom stereocenters. The molecule has 0 saturated heterocycles. The number of rotatable bonds is 5. The summed E-state index contributed by atoms with van der Waals surface area (Å²) in [6.45, 7) is 2.80. The van der Waals surface area contributed by atoms with Crippen molar-refractivity contribution in [2.45, 2.75) is 63.6 Å². The van der Waals surface area contributed by atoms with Crippen molar-refractivity contribution >= 4 is 5.78 Å². The molecule has 3 rings (SSSR count). The fourth-order valence-corrected chi connectivity index (χ4v) is 4.23. The number of Topliss-reactive ketones (excluding diaryl/α,β-unsaturated/α-hetero) is 1. The molecule has 0 spiro atoms. The van der Waals surface area contributed by atoms with Crippen LogP contribution in [-0.4, -0.2) is 18.1 Å². The lowest BCUT2D eigenvalue weighted by atomic mass is 9.86. The second-order valence-corrected chi connectivity index (χ2v) is 8.10. The third-order valence-corrected chi connectivity index (χ3v) is 6.05. The predicted molar refractivity (Wildman–Crippen MR) is 105 cm³/mol. The Kier molecular flexibility index (Phi) is 6.19. The van der Waals surface area contributed by atoms with Crippen molar-refractivity contribution in [3.05, 3.63) is 69.3 Å².